The minimum Gasteiger partial charge on any atom is -0.366 e. The number of hydrogen-bond donors (Lipinski definition) is 0. The molecule has 1 atom stereocenters. The molecule has 0 radical (unpaired) electrons. The van der Waals surface area contributed by atoms with Gasteiger partial charge in [-0.15, -0.1) is 0 Å². The molecule has 4 heteroatoms. The molecule has 0 saturated carbocycles. The fourth-order valence-corrected chi connectivity index (χ4v) is 1.71. The average Bonchev–Trinajstić information content (AvgIpc) is 2.47. The van der Waals surface area contributed by atoms with Gasteiger partial charge in [0.2, 0.25) is 0 Å². The lowest BCUT2D eigenvalue weighted by atomic mass is 9.95. The van der Waals surface area contributed by atoms with E-state index in [4.69, 9.17) is 10.00 Å². The zero-order chi connectivity index (χ0) is 15.2. The van der Waals surface area contributed by atoms with Crippen LogP contribution >= 0.6 is 0 Å². The molecule has 1 aromatic rings. The predicted octanol–water partition coefficient (Wildman–Crippen LogP) is 1.81. The van der Waals surface area contributed by atoms with E-state index in [0.29, 0.717) is 0 Å². The Morgan fingerprint density at radius 2 is 1.95 bits per heavy atom. The van der Waals surface area contributed by atoms with Crippen molar-refractivity contribution in [3.8, 4) is 17.9 Å². The van der Waals surface area contributed by atoms with Crippen molar-refractivity contribution in [3.63, 3.8) is 0 Å². The number of nitrogens with zero attached hydrogens (tertiary/aromatic N) is 2. The highest BCUT2D eigenvalue weighted by molar-refractivity contribution is 5.91. The van der Waals surface area contributed by atoms with Crippen molar-refractivity contribution in [2.45, 2.75) is 25.5 Å². The second-order valence-corrected chi connectivity index (χ2v) is 4.88. The standard InChI is InChI=1S/C16H18N2O2/c1-16(2,18(3)15(19)12-17)14(20-4)11-10-13-8-6-5-7-9-13/h5-9,14H,1-4H3. The van der Waals surface area contributed by atoms with Crippen LogP contribution in [-0.2, 0) is 9.53 Å². The molecule has 0 saturated heterocycles. The van der Waals surface area contributed by atoms with Crippen molar-refractivity contribution in [1.29, 1.82) is 5.26 Å². The first-order chi connectivity index (χ1) is 9.43. The highest BCUT2D eigenvalue weighted by Gasteiger charge is 2.35. The molecule has 1 amide bonds. The van der Waals surface area contributed by atoms with Gasteiger partial charge in [-0.25, -0.2) is 0 Å². The maximum atomic E-state index is 11.5. The summed E-state index contributed by atoms with van der Waals surface area (Å²) in [6, 6.07) is 11.1. The lowest BCUT2D eigenvalue weighted by molar-refractivity contribution is -0.132. The molecule has 1 aromatic carbocycles. The van der Waals surface area contributed by atoms with Crippen LogP contribution in [0.15, 0.2) is 30.3 Å². The number of benzene rings is 1. The summed E-state index contributed by atoms with van der Waals surface area (Å²) in [6.07, 6.45) is -0.495. The van der Waals surface area contributed by atoms with Crippen LogP contribution in [0.5, 0.6) is 0 Å². The van der Waals surface area contributed by atoms with E-state index in [2.05, 4.69) is 11.8 Å². The van der Waals surface area contributed by atoms with Gasteiger partial charge < -0.3 is 9.64 Å². The largest absolute Gasteiger partial charge is 0.366 e. The number of likely N-dealkylation sites (N-methyl/N-ethyl adjacent to an activating group) is 1. The Bertz CT molecular complexity index is 562. The van der Waals surface area contributed by atoms with Gasteiger partial charge in [-0.1, -0.05) is 30.0 Å². The maximum absolute atomic E-state index is 11.5. The van der Waals surface area contributed by atoms with Crippen molar-refractivity contribution in [1.82, 2.24) is 4.90 Å². The summed E-state index contributed by atoms with van der Waals surface area (Å²) in [6.45, 7) is 3.63. The third-order valence-corrected chi connectivity index (χ3v) is 3.26. The Hall–Kier alpha value is -2.30. The molecule has 0 aliphatic heterocycles. The fourth-order valence-electron chi connectivity index (χ4n) is 1.71. The Balaban J connectivity index is 2.99. The minimum atomic E-state index is -0.705. The summed E-state index contributed by atoms with van der Waals surface area (Å²) in [7, 11) is 3.11. The van der Waals surface area contributed by atoms with Gasteiger partial charge in [-0.05, 0) is 26.0 Å². The van der Waals surface area contributed by atoms with Gasteiger partial charge >= 0.3 is 5.91 Å². The molecule has 0 aliphatic carbocycles. The quantitative estimate of drug-likeness (QED) is 0.622. The summed E-state index contributed by atoms with van der Waals surface area (Å²) < 4.78 is 5.38. The van der Waals surface area contributed by atoms with Crippen LogP contribution in [0.2, 0.25) is 0 Å². The molecule has 0 spiro atoms. The monoisotopic (exact) mass is 270 g/mol. The molecule has 4 nitrogen and oxygen atoms in total. The summed E-state index contributed by atoms with van der Waals surface area (Å²) >= 11 is 0. The SMILES string of the molecule is COC(C#Cc1ccccc1)C(C)(C)N(C)C(=O)C#N. The number of rotatable bonds is 3. The molecular formula is C16H18N2O2. The van der Waals surface area contributed by atoms with E-state index in [-0.39, 0.29) is 0 Å². The van der Waals surface area contributed by atoms with Crippen molar-refractivity contribution < 1.29 is 9.53 Å². The fraction of sp³-hybridized carbons (Fsp3) is 0.375. The van der Waals surface area contributed by atoms with Gasteiger partial charge in [0.15, 0.2) is 6.07 Å². The number of carbonyl (C=O) groups excluding carboxylic acids is 1. The number of methoxy groups -OCH3 is 1. The number of nitriles is 1. The molecule has 104 valence electrons. The zero-order valence-electron chi connectivity index (χ0n) is 12.2. The Morgan fingerprint density at radius 3 is 2.45 bits per heavy atom. The van der Waals surface area contributed by atoms with Crippen molar-refractivity contribution in [3.05, 3.63) is 35.9 Å². The highest BCUT2D eigenvalue weighted by atomic mass is 16.5. The molecule has 1 rings (SSSR count). The van der Waals surface area contributed by atoms with E-state index in [0.717, 1.165) is 5.56 Å². The summed E-state index contributed by atoms with van der Waals surface area (Å²) in [5, 5.41) is 8.71. The Labute approximate surface area is 120 Å². The zero-order valence-corrected chi connectivity index (χ0v) is 12.2. The molecule has 0 fully saturated rings. The minimum absolute atomic E-state index is 0.495. The van der Waals surface area contributed by atoms with Crippen LogP contribution in [0, 0.1) is 23.2 Å². The van der Waals surface area contributed by atoms with E-state index in [1.54, 1.807) is 13.1 Å². The normalized spacial score (nSPS) is 11.8. The second kappa shape index (κ2) is 6.75. The topological polar surface area (TPSA) is 53.3 Å². The predicted molar refractivity (Wildman–Crippen MR) is 76.6 cm³/mol. The van der Waals surface area contributed by atoms with Crippen molar-refractivity contribution >= 4 is 5.91 Å². The summed E-state index contributed by atoms with van der Waals surface area (Å²) in [5.74, 6) is 5.42. The lowest BCUT2D eigenvalue weighted by Gasteiger charge is -2.37. The molecule has 0 bridgehead atoms. The Kier molecular flexibility index (Phi) is 5.32. The van der Waals surface area contributed by atoms with Crippen molar-refractivity contribution in [2.24, 2.45) is 0 Å². The molecular weight excluding hydrogens is 252 g/mol. The average molecular weight is 270 g/mol. The lowest BCUT2D eigenvalue weighted by Crippen LogP contribution is -2.53. The van der Waals surface area contributed by atoms with Crippen LogP contribution < -0.4 is 0 Å². The molecule has 0 N–H and O–H groups in total. The van der Waals surface area contributed by atoms with Gasteiger partial charge in [0.1, 0.15) is 6.10 Å². The van der Waals surface area contributed by atoms with Gasteiger partial charge in [-0.2, -0.15) is 5.26 Å². The number of ether oxygens (including phenoxy) is 1. The highest BCUT2D eigenvalue weighted by Crippen LogP contribution is 2.19. The molecule has 1 unspecified atom stereocenters. The number of carbonyl (C=O) groups is 1. The van der Waals surface area contributed by atoms with E-state index in [1.807, 2.05) is 44.2 Å². The number of amides is 1. The third kappa shape index (κ3) is 3.60. The Morgan fingerprint density at radius 1 is 1.35 bits per heavy atom. The van der Waals surface area contributed by atoms with Gasteiger partial charge in [0.05, 0.1) is 5.54 Å². The summed E-state index contributed by atoms with van der Waals surface area (Å²) in [5.41, 5.74) is 0.170. The van der Waals surface area contributed by atoms with Crippen LogP contribution in [0.1, 0.15) is 19.4 Å². The molecule has 20 heavy (non-hydrogen) atoms. The first kappa shape index (κ1) is 15.8. The van der Waals surface area contributed by atoms with E-state index in [1.165, 1.54) is 12.0 Å². The van der Waals surface area contributed by atoms with Crippen LogP contribution in [-0.4, -0.2) is 36.6 Å². The van der Waals surface area contributed by atoms with Crippen LogP contribution in [0.4, 0.5) is 0 Å². The van der Waals surface area contributed by atoms with Crippen LogP contribution in [0.3, 0.4) is 0 Å². The van der Waals surface area contributed by atoms with Crippen molar-refractivity contribution in [2.75, 3.05) is 14.2 Å². The second-order valence-electron chi connectivity index (χ2n) is 4.88. The van der Waals surface area contributed by atoms with Gasteiger partial charge in [-0.3, -0.25) is 4.79 Å². The van der Waals surface area contributed by atoms with Gasteiger partial charge in [0, 0.05) is 19.7 Å². The first-order valence-corrected chi connectivity index (χ1v) is 6.20. The van der Waals surface area contributed by atoms with Crippen LogP contribution in [0.25, 0.3) is 0 Å². The van der Waals surface area contributed by atoms with E-state index in [9.17, 15) is 4.79 Å². The molecule has 0 aromatic heterocycles. The maximum Gasteiger partial charge on any atom is 0.325 e. The number of hydrogen-bond acceptors (Lipinski definition) is 3. The third-order valence-electron chi connectivity index (χ3n) is 3.26. The first-order valence-electron chi connectivity index (χ1n) is 6.20. The summed E-state index contributed by atoms with van der Waals surface area (Å²) in [4.78, 5) is 12.9. The van der Waals surface area contributed by atoms with E-state index < -0.39 is 17.6 Å². The molecule has 0 aliphatic rings. The van der Waals surface area contributed by atoms with Gasteiger partial charge in [0.25, 0.3) is 0 Å². The molecule has 0 heterocycles. The van der Waals surface area contributed by atoms with E-state index >= 15 is 0 Å². The smallest absolute Gasteiger partial charge is 0.325 e.